The maximum atomic E-state index is 11.7. The third-order valence-corrected chi connectivity index (χ3v) is 3.77. The molecule has 3 nitrogen and oxygen atoms in total. The van der Waals surface area contributed by atoms with E-state index in [1.165, 1.54) is 0 Å². The smallest absolute Gasteiger partial charge is 0.323 e. The first-order valence-corrected chi connectivity index (χ1v) is 6.50. The number of hydrogen-bond donors (Lipinski definition) is 1. The molecule has 0 aliphatic heterocycles. The lowest BCUT2D eigenvalue weighted by atomic mass is 9.89. The topological polar surface area (TPSA) is 52.3 Å². The number of ether oxygens (including phenoxy) is 1. The number of rotatable bonds is 4. The van der Waals surface area contributed by atoms with Crippen LogP contribution in [0.15, 0.2) is 0 Å². The predicted octanol–water partition coefficient (Wildman–Crippen LogP) is 2.48. The summed E-state index contributed by atoms with van der Waals surface area (Å²) in [6.45, 7) is 6.29. The fourth-order valence-electron chi connectivity index (χ4n) is 2.08. The summed E-state index contributed by atoms with van der Waals surface area (Å²) in [5.41, 5.74) is 5.84. The summed E-state index contributed by atoms with van der Waals surface area (Å²) >= 11 is 0. The Kier molecular flexibility index (Phi) is 5.26. The number of carbonyl (C=O) groups excluding carboxylic acids is 1. The van der Waals surface area contributed by atoms with Crippen LogP contribution in [0.2, 0.25) is 0 Å². The Morgan fingerprint density at radius 1 is 1.38 bits per heavy atom. The molecule has 0 bridgehead atoms. The van der Waals surface area contributed by atoms with Crippen LogP contribution >= 0.6 is 0 Å². The molecule has 0 unspecified atom stereocenters. The average Bonchev–Trinajstić information content (AvgIpc) is 2.30. The molecule has 1 fully saturated rings. The highest BCUT2D eigenvalue weighted by atomic mass is 16.5. The van der Waals surface area contributed by atoms with Crippen molar-refractivity contribution in [2.75, 3.05) is 0 Å². The Morgan fingerprint density at radius 3 is 2.44 bits per heavy atom. The van der Waals surface area contributed by atoms with Crippen LogP contribution in [0.25, 0.3) is 0 Å². The Labute approximate surface area is 98.7 Å². The molecule has 2 N–H and O–H groups in total. The molecule has 0 radical (unpaired) electrons. The van der Waals surface area contributed by atoms with Gasteiger partial charge in [-0.3, -0.25) is 4.79 Å². The fourth-order valence-corrected chi connectivity index (χ4v) is 2.08. The first-order valence-electron chi connectivity index (χ1n) is 6.50. The van der Waals surface area contributed by atoms with Crippen LogP contribution in [0.1, 0.15) is 52.9 Å². The van der Waals surface area contributed by atoms with Gasteiger partial charge in [0.2, 0.25) is 0 Å². The van der Waals surface area contributed by atoms with Crippen molar-refractivity contribution in [2.24, 2.45) is 17.6 Å². The van der Waals surface area contributed by atoms with Gasteiger partial charge in [0.05, 0.1) is 0 Å². The lowest BCUT2D eigenvalue weighted by molar-refractivity contribution is -0.153. The molecule has 0 amide bonds. The van der Waals surface area contributed by atoms with E-state index in [1.807, 2.05) is 13.8 Å². The summed E-state index contributed by atoms with van der Waals surface area (Å²) in [5, 5.41) is 0. The largest absolute Gasteiger partial charge is 0.461 e. The lowest BCUT2D eigenvalue weighted by Crippen LogP contribution is -2.40. The van der Waals surface area contributed by atoms with Gasteiger partial charge < -0.3 is 10.5 Å². The molecule has 2 atom stereocenters. The van der Waals surface area contributed by atoms with Crippen LogP contribution in [0.5, 0.6) is 0 Å². The van der Waals surface area contributed by atoms with Gasteiger partial charge in [-0.15, -0.1) is 0 Å². The van der Waals surface area contributed by atoms with Gasteiger partial charge in [-0.2, -0.15) is 0 Å². The van der Waals surface area contributed by atoms with Crippen molar-refractivity contribution in [2.45, 2.75) is 65.0 Å². The second-order valence-electron chi connectivity index (χ2n) is 5.23. The molecular weight excluding hydrogens is 202 g/mol. The van der Waals surface area contributed by atoms with Crippen LogP contribution in [-0.4, -0.2) is 18.1 Å². The van der Waals surface area contributed by atoms with E-state index in [-0.39, 0.29) is 18.0 Å². The summed E-state index contributed by atoms with van der Waals surface area (Å²) in [7, 11) is 0. The van der Waals surface area contributed by atoms with Gasteiger partial charge in [0.15, 0.2) is 0 Å². The zero-order valence-electron chi connectivity index (χ0n) is 10.7. The van der Waals surface area contributed by atoms with Gasteiger partial charge in [-0.1, -0.05) is 27.2 Å². The Morgan fingerprint density at radius 2 is 1.94 bits per heavy atom. The maximum Gasteiger partial charge on any atom is 0.323 e. The summed E-state index contributed by atoms with van der Waals surface area (Å²) < 4.78 is 5.46. The van der Waals surface area contributed by atoms with Crippen molar-refractivity contribution in [3.63, 3.8) is 0 Å². The van der Waals surface area contributed by atoms with Crippen LogP contribution in [0, 0.1) is 11.8 Å². The first kappa shape index (κ1) is 13.5. The van der Waals surface area contributed by atoms with Crippen molar-refractivity contribution in [1.29, 1.82) is 0 Å². The lowest BCUT2D eigenvalue weighted by Gasteiger charge is -2.27. The van der Waals surface area contributed by atoms with Gasteiger partial charge in [-0.25, -0.2) is 0 Å². The second kappa shape index (κ2) is 6.24. The molecule has 16 heavy (non-hydrogen) atoms. The average molecular weight is 227 g/mol. The molecule has 0 heterocycles. The molecule has 0 saturated heterocycles. The SMILES string of the molecule is CC[C@H](C)[C@H](N)C(=O)OC1CCC(C)CC1. The summed E-state index contributed by atoms with van der Waals surface area (Å²) in [4.78, 5) is 11.7. The van der Waals surface area contributed by atoms with E-state index < -0.39 is 6.04 Å². The second-order valence-corrected chi connectivity index (χ2v) is 5.23. The zero-order chi connectivity index (χ0) is 12.1. The summed E-state index contributed by atoms with van der Waals surface area (Å²) in [6, 6.07) is -0.454. The molecule has 94 valence electrons. The number of hydrogen-bond acceptors (Lipinski definition) is 3. The van der Waals surface area contributed by atoms with E-state index in [0.29, 0.717) is 0 Å². The van der Waals surface area contributed by atoms with Crippen LogP contribution < -0.4 is 5.73 Å². The molecule has 1 saturated carbocycles. The van der Waals surface area contributed by atoms with E-state index in [9.17, 15) is 4.79 Å². The van der Waals surface area contributed by atoms with E-state index >= 15 is 0 Å². The normalized spacial score (nSPS) is 29.5. The van der Waals surface area contributed by atoms with Crippen LogP contribution in [0.4, 0.5) is 0 Å². The molecule has 3 heteroatoms. The van der Waals surface area contributed by atoms with Gasteiger partial charge in [0.1, 0.15) is 12.1 Å². The first-order chi connectivity index (χ1) is 7.54. The van der Waals surface area contributed by atoms with Crippen molar-refractivity contribution in [3.8, 4) is 0 Å². The molecule has 1 aliphatic carbocycles. The third-order valence-electron chi connectivity index (χ3n) is 3.77. The highest BCUT2D eigenvalue weighted by Gasteiger charge is 2.26. The molecule has 0 aromatic rings. The van der Waals surface area contributed by atoms with Crippen molar-refractivity contribution in [1.82, 2.24) is 0 Å². The van der Waals surface area contributed by atoms with Crippen molar-refractivity contribution < 1.29 is 9.53 Å². The highest BCUT2D eigenvalue weighted by Crippen LogP contribution is 2.26. The summed E-state index contributed by atoms with van der Waals surface area (Å²) in [5.74, 6) is 0.766. The molecular formula is C13H25NO2. The fraction of sp³-hybridized carbons (Fsp3) is 0.923. The minimum atomic E-state index is -0.454. The molecule has 0 spiro atoms. The molecule has 1 rings (SSSR count). The van der Waals surface area contributed by atoms with Crippen LogP contribution in [-0.2, 0) is 9.53 Å². The Bertz CT molecular complexity index is 222. The standard InChI is InChI=1S/C13H25NO2/c1-4-10(3)12(14)13(15)16-11-7-5-9(2)6-8-11/h9-12H,4-8,14H2,1-3H3/t9?,10-,11?,12-/m0/s1. The Balaban J connectivity index is 2.33. The maximum absolute atomic E-state index is 11.7. The van der Waals surface area contributed by atoms with E-state index in [2.05, 4.69) is 6.92 Å². The van der Waals surface area contributed by atoms with Crippen LogP contribution in [0.3, 0.4) is 0 Å². The van der Waals surface area contributed by atoms with Gasteiger partial charge in [0.25, 0.3) is 0 Å². The molecule has 1 aliphatic rings. The van der Waals surface area contributed by atoms with E-state index in [0.717, 1.165) is 38.0 Å². The summed E-state index contributed by atoms with van der Waals surface area (Å²) in [6.07, 6.45) is 5.35. The molecule has 0 aromatic heterocycles. The predicted molar refractivity (Wildman–Crippen MR) is 64.9 cm³/mol. The minimum absolute atomic E-state index is 0.110. The zero-order valence-corrected chi connectivity index (χ0v) is 10.7. The third kappa shape index (κ3) is 3.78. The minimum Gasteiger partial charge on any atom is -0.461 e. The Hall–Kier alpha value is -0.570. The van der Waals surface area contributed by atoms with E-state index in [1.54, 1.807) is 0 Å². The monoisotopic (exact) mass is 227 g/mol. The van der Waals surface area contributed by atoms with Gasteiger partial charge in [-0.05, 0) is 37.5 Å². The van der Waals surface area contributed by atoms with Crippen molar-refractivity contribution in [3.05, 3.63) is 0 Å². The highest BCUT2D eigenvalue weighted by molar-refractivity contribution is 5.76. The quantitative estimate of drug-likeness (QED) is 0.751. The van der Waals surface area contributed by atoms with Gasteiger partial charge >= 0.3 is 5.97 Å². The van der Waals surface area contributed by atoms with Crippen molar-refractivity contribution >= 4 is 5.97 Å². The number of carbonyl (C=O) groups is 1. The number of esters is 1. The van der Waals surface area contributed by atoms with E-state index in [4.69, 9.17) is 10.5 Å². The number of nitrogens with two attached hydrogens (primary N) is 1. The molecule has 0 aromatic carbocycles. The van der Waals surface area contributed by atoms with Gasteiger partial charge in [0, 0.05) is 0 Å².